The van der Waals surface area contributed by atoms with Gasteiger partial charge in [0.15, 0.2) is 5.76 Å². The lowest BCUT2D eigenvalue weighted by Gasteiger charge is -2.24. The first-order chi connectivity index (χ1) is 19.0. The maximum atomic E-state index is 13.6. The number of rotatable bonds is 7. The Kier molecular flexibility index (Phi) is 7.58. The SMILES string of the molecule is O=C(NCc1cc(=O)[nH]o1)N1CC2CCN(C(=O)c3cc(OCC4CCOCC4)nc(C4CC4)c3)CC[C@@H]2C1. The fourth-order valence-corrected chi connectivity index (χ4v) is 6.01. The summed E-state index contributed by atoms with van der Waals surface area (Å²) in [6.07, 6.45) is 5.94. The van der Waals surface area contributed by atoms with E-state index in [0.717, 1.165) is 57.4 Å². The maximum absolute atomic E-state index is 13.6. The smallest absolute Gasteiger partial charge is 0.317 e. The van der Waals surface area contributed by atoms with Crippen LogP contribution in [0.4, 0.5) is 4.79 Å². The van der Waals surface area contributed by atoms with E-state index in [9.17, 15) is 14.4 Å². The summed E-state index contributed by atoms with van der Waals surface area (Å²) in [7, 11) is 0. The van der Waals surface area contributed by atoms with Gasteiger partial charge in [-0.2, -0.15) is 5.16 Å². The van der Waals surface area contributed by atoms with E-state index < -0.39 is 0 Å². The molecule has 210 valence electrons. The molecule has 39 heavy (non-hydrogen) atoms. The van der Waals surface area contributed by atoms with Gasteiger partial charge in [-0.25, -0.2) is 9.78 Å². The highest BCUT2D eigenvalue weighted by Gasteiger charge is 2.38. The molecule has 0 bridgehead atoms. The highest BCUT2D eigenvalue weighted by Crippen LogP contribution is 2.40. The molecule has 4 fully saturated rings. The standard InChI is InChI=1S/C28H37N5O6/c34-25-13-23(39-31-25)14-29-28(36)33-15-20-3-7-32(8-4-21(20)16-33)27(35)22-11-24(19-1-2-19)30-26(12-22)38-17-18-5-9-37-10-6-18/h11-13,18-21H,1-10,14-17H2,(H,29,36)(H,31,34)/t20-,21?/m1/s1. The van der Waals surface area contributed by atoms with Crippen molar-refractivity contribution in [1.29, 1.82) is 0 Å². The molecule has 1 aliphatic carbocycles. The number of urea groups is 1. The van der Waals surface area contributed by atoms with Crippen LogP contribution >= 0.6 is 0 Å². The molecule has 1 unspecified atom stereocenters. The number of likely N-dealkylation sites (tertiary alicyclic amines) is 2. The molecule has 5 heterocycles. The molecule has 11 heteroatoms. The largest absolute Gasteiger partial charge is 0.477 e. The summed E-state index contributed by atoms with van der Waals surface area (Å²) < 4.78 is 16.6. The Balaban J connectivity index is 1.04. The van der Waals surface area contributed by atoms with Crippen LogP contribution in [0.2, 0.25) is 0 Å². The molecule has 0 radical (unpaired) electrons. The quantitative estimate of drug-likeness (QED) is 0.553. The number of amides is 3. The summed E-state index contributed by atoms with van der Waals surface area (Å²) in [6, 6.07) is 4.96. The van der Waals surface area contributed by atoms with E-state index in [1.165, 1.54) is 6.07 Å². The van der Waals surface area contributed by atoms with Crippen LogP contribution in [0, 0.1) is 17.8 Å². The number of aromatic nitrogens is 2. The van der Waals surface area contributed by atoms with E-state index in [4.69, 9.17) is 19.0 Å². The van der Waals surface area contributed by atoms with Crippen LogP contribution in [0.5, 0.6) is 5.88 Å². The van der Waals surface area contributed by atoms with Gasteiger partial charge in [-0.15, -0.1) is 0 Å². The summed E-state index contributed by atoms with van der Waals surface area (Å²) in [4.78, 5) is 46.1. The van der Waals surface area contributed by atoms with Crippen molar-refractivity contribution < 1.29 is 23.6 Å². The van der Waals surface area contributed by atoms with Gasteiger partial charge in [0.2, 0.25) is 5.88 Å². The molecule has 0 spiro atoms. The lowest BCUT2D eigenvalue weighted by molar-refractivity contribution is 0.0490. The van der Waals surface area contributed by atoms with E-state index in [-0.39, 0.29) is 24.0 Å². The molecule has 0 aromatic carbocycles. The van der Waals surface area contributed by atoms with Crippen LogP contribution in [-0.2, 0) is 11.3 Å². The number of hydrogen-bond donors (Lipinski definition) is 2. The first-order valence-corrected chi connectivity index (χ1v) is 14.2. The van der Waals surface area contributed by atoms with Gasteiger partial charge in [0.05, 0.1) is 13.2 Å². The third-order valence-electron chi connectivity index (χ3n) is 8.55. The van der Waals surface area contributed by atoms with Gasteiger partial charge in [-0.3, -0.25) is 9.59 Å². The van der Waals surface area contributed by atoms with Crippen LogP contribution in [0.15, 0.2) is 27.5 Å². The number of nitrogens with zero attached hydrogens (tertiary/aromatic N) is 3. The molecule has 3 aliphatic heterocycles. The number of H-pyrrole nitrogens is 1. The van der Waals surface area contributed by atoms with E-state index >= 15 is 0 Å². The summed E-state index contributed by atoms with van der Waals surface area (Å²) >= 11 is 0. The van der Waals surface area contributed by atoms with Crippen LogP contribution < -0.4 is 15.6 Å². The molecule has 6 rings (SSSR count). The van der Waals surface area contributed by atoms with Crippen LogP contribution in [-0.4, -0.2) is 77.9 Å². The van der Waals surface area contributed by atoms with Crippen molar-refractivity contribution in [2.45, 2.75) is 51.0 Å². The summed E-state index contributed by atoms with van der Waals surface area (Å²) in [5.74, 6) is 2.60. The fourth-order valence-electron chi connectivity index (χ4n) is 6.01. The van der Waals surface area contributed by atoms with Gasteiger partial charge in [0.1, 0.15) is 0 Å². The number of aromatic amines is 1. The van der Waals surface area contributed by atoms with E-state index in [1.54, 1.807) is 0 Å². The van der Waals surface area contributed by atoms with Crippen molar-refractivity contribution in [3.05, 3.63) is 45.6 Å². The predicted octanol–water partition coefficient (Wildman–Crippen LogP) is 2.74. The van der Waals surface area contributed by atoms with Crippen molar-refractivity contribution >= 4 is 11.9 Å². The average molecular weight is 540 g/mol. The highest BCUT2D eigenvalue weighted by atomic mass is 16.5. The second-order valence-corrected chi connectivity index (χ2v) is 11.4. The molecule has 2 aromatic heterocycles. The molecule has 11 nitrogen and oxygen atoms in total. The number of carbonyl (C=O) groups is 2. The van der Waals surface area contributed by atoms with Crippen LogP contribution in [0.1, 0.15) is 66.3 Å². The van der Waals surface area contributed by atoms with Crippen LogP contribution in [0.3, 0.4) is 0 Å². The zero-order valence-electron chi connectivity index (χ0n) is 22.2. The number of ether oxygens (including phenoxy) is 2. The van der Waals surface area contributed by atoms with Crippen molar-refractivity contribution in [3.63, 3.8) is 0 Å². The minimum Gasteiger partial charge on any atom is -0.477 e. The van der Waals surface area contributed by atoms with Crippen molar-refractivity contribution in [3.8, 4) is 5.88 Å². The minimum absolute atomic E-state index is 0.0396. The molecule has 2 atom stereocenters. The molecule has 2 aromatic rings. The topological polar surface area (TPSA) is 130 Å². The Morgan fingerprint density at radius 1 is 1.00 bits per heavy atom. The maximum Gasteiger partial charge on any atom is 0.317 e. The monoisotopic (exact) mass is 539 g/mol. The summed E-state index contributed by atoms with van der Waals surface area (Å²) in [6.45, 7) is 5.00. The molecular formula is C28H37N5O6. The zero-order valence-corrected chi connectivity index (χ0v) is 22.2. The lowest BCUT2D eigenvalue weighted by Crippen LogP contribution is -2.39. The normalized spacial score (nSPS) is 23.8. The van der Waals surface area contributed by atoms with Gasteiger partial charge in [-0.05, 0) is 62.3 Å². The summed E-state index contributed by atoms with van der Waals surface area (Å²) in [5.41, 5.74) is 1.31. The van der Waals surface area contributed by atoms with Crippen molar-refractivity contribution in [1.82, 2.24) is 25.3 Å². The van der Waals surface area contributed by atoms with Crippen molar-refractivity contribution in [2.75, 3.05) is 46.0 Å². The number of hydrogen-bond acceptors (Lipinski definition) is 7. The van der Waals surface area contributed by atoms with Gasteiger partial charge < -0.3 is 29.1 Å². The minimum atomic E-state index is -0.323. The second-order valence-electron chi connectivity index (χ2n) is 11.4. The van der Waals surface area contributed by atoms with Gasteiger partial charge in [0.25, 0.3) is 11.5 Å². The van der Waals surface area contributed by atoms with E-state index in [0.29, 0.717) is 73.7 Å². The number of nitrogens with one attached hydrogen (secondary N) is 2. The lowest BCUT2D eigenvalue weighted by atomic mass is 9.92. The predicted molar refractivity (Wildman–Crippen MR) is 141 cm³/mol. The van der Waals surface area contributed by atoms with Gasteiger partial charge in [0, 0.05) is 68.7 Å². The number of fused-ring (bicyclic) bond motifs is 1. The third kappa shape index (κ3) is 6.29. The summed E-state index contributed by atoms with van der Waals surface area (Å²) in [5, 5.41) is 5.06. The van der Waals surface area contributed by atoms with E-state index in [1.807, 2.05) is 21.9 Å². The molecule has 3 saturated heterocycles. The van der Waals surface area contributed by atoms with E-state index in [2.05, 4.69) is 10.5 Å². The second kappa shape index (κ2) is 11.4. The Hall–Kier alpha value is -3.34. The Morgan fingerprint density at radius 2 is 1.74 bits per heavy atom. The Bertz CT molecular complexity index is 1220. The molecule has 3 amide bonds. The Labute approximate surface area is 227 Å². The fraction of sp³-hybridized carbons (Fsp3) is 0.643. The average Bonchev–Trinajstić information content (AvgIpc) is 3.66. The molecule has 2 N–H and O–H groups in total. The van der Waals surface area contributed by atoms with Crippen molar-refractivity contribution in [2.24, 2.45) is 17.8 Å². The molecule has 4 aliphatic rings. The highest BCUT2D eigenvalue weighted by molar-refractivity contribution is 5.94. The first-order valence-electron chi connectivity index (χ1n) is 14.2. The number of carbonyl (C=O) groups excluding carboxylic acids is 2. The van der Waals surface area contributed by atoms with Crippen LogP contribution in [0.25, 0.3) is 0 Å². The first kappa shape index (κ1) is 25.9. The Morgan fingerprint density at radius 3 is 2.41 bits per heavy atom. The van der Waals surface area contributed by atoms with Gasteiger partial charge >= 0.3 is 6.03 Å². The third-order valence-corrected chi connectivity index (χ3v) is 8.55. The number of pyridine rings is 1. The zero-order chi connectivity index (χ0) is 26.8. The molecule has 1 saturated carbocycles. The van der Waals surface area contributed by atoms with Gasteiger partial charge in [-0.1, -0.05) is 0 Å². The molecular weight excluding hydrogens is 502 g/mol.